The molecule has 2 aromatic rings. The number of fused-ring (bicyclic) bond motifs is 1. The van der Waals surface area contributed by atoms with Crippen LogP contribution in [0, 0.1) is 5.92 Å². The fourth-order valence-electron chi connectivity index (χ4n) is 3.02. The summed E-state index contributed by atoms with van der Waals surface area (Å²) in [6, 6.07) is 6.05. The van der Waals surface area contributed by atoms with Crippen molar-refractivity contribution in [3.63, 3.8) is 0 Å². The van der Waals surface area contributed by atoms with Gasteiger partial charge in [-0.15, -0.1) is 0 Å². The predicted octanol–water partition coefficient (Wildman–Crippen LogP) is 2.99. The van der Waals surface area contributed by atoms with Crippen LogP contribution < -0.4 is 5.73 Å². The number of benzene rings is 1. The standard InChI is InChI=1S/C15H20ClN3/c16-13-3-4-14-12(8-18-15(14)6-13)10-19-5-1-2-11(7-17)9-19/h3-4,6,8,11,18H,1-2,5,7,9-10,17H2. The summed E-state index contributed by atoms with van der Waals surface area (Å²) in [6.45, 7) is 4.10. The number of likely N-dealkylation sites (tertiary alicyclic amines) is 1. The lowest BCUT2D eigenvalue weighted by Gasteiger charge is -2.31. The van der Waals surface area contributed by atoms with Gasteiger partial charge in [0.1, 0.15) is 0 Å². The zero-order valence-corrected chi connectivity index (χ0v) is 11.8. The predicted molar refractivity (Wildman–Crippen MR) is 80.4 cm³/mol. The third-order valence-electron chi connectivity index (χ3n) is 4.06. The van der Waals surface area contributed by atoms with E-state index in [2.05, 4.69) is 22.1 Å². The zero-order valence-electron chi connectivity index (χ0n) is 11.0. The first-order valence-electron chi connectivity index (χ1n) is 6.94. The molecule has 102 valence electrons. The molecule has 3 nitrogen and oxygen atoms in total. The van der Waals surface area contributed by atoms with Crippen molar-refractivity contribution >= 4 is 22.5 Å². The van der Waals surface area contributed by atoms with Crippen LogP contribution in [0.2, 0.25) is 5.02 Å². The molecule has 0 bridgehead atoms. The Morgan fingerprint density at radius 2 is 2.32 bits per heavy atom. The van der Waals surface area contributed by atoms with E-state index in [1.54, 1.807) is 0 Å². The minimum absolute atomic E-state index is 0.661. The molecule has 1 saturated heterocycles. The molecule has 1 aromatic heterocycles. The molecule has 1 fully saturated rings. The van der Waals surface area contributed by atoms with Gasteiger partial charge in [0.15, 0.2) is 0 Å². The normalized spacial score (nSPS) is 21.1. The molecule has 1 aliphatic heterocycles. The van der Waals surface area contributed by atoms with Gasteiger partial charge in [0.2, 0.25) is 0 Å². The molecule has 1 unspecified atom stereocenters. The Hall–Kier alpha value is -1.03. The molecule has 0 saturated carbocycles. The maximum absolute atomic E-state index is 6.01. The van der Waals surface area contributed by atoms with E-state index in [0.29, 0.717) is 5.92 Å². The van der Waals surface area contributed by atoms with E-state index in [9.17, 15) is 0 Å². The Morgan fingerprint density at radius 3 is 3.16 bits per heavy atom. The Balaban J connectivity index is 1.77. The van der Waals surface area contributed by atoms with Gasteiger partial charge in [0.05, 0.1) is 0 Å². The molecular formula is C15H20ClN3. The summed E-state index contributed by atoms with van der Waals surface area (Å²) in [5.74, 6) is 0.661. The van der Waals surface area contributed by atoms with Crippen LogP contribution in [0.1, 0.15) is 18.4 Å². The third-order valence-corrected chi connectivity index (χ3v) is 4.29. The maximum atomic E-state index is 6.01. The van der Waals surface area contributed by atoms with E-state index in [-0.39, 0.29) is 0 Å². The van der Waals surface area contributed by atoms with Crippen LogP contribution in [0.5, 0.6) is 0 Å². The van der Waals surface area contributed by atoms with E-state index in [4.69, 9.17) is 17.3 Å². The van der Waals surface area contributed by atoms with Crippen molar-refractivity contribution in [2.24, 2.45) is 11.7 Å². The number of nitrogens with zero attached hydrogens (tertiary/aromatic N) is 1. The minimum Gasteiger partial charge on any atom is -0.361 e. The summed E-state index contributed by atoms with van der Waals surface area (Å²) < 4.78 is 0. The smallest absolute Gasteiger partial charge is 0.0472 e. The third kappa shape index (κ3) is 2.78. The number of hydrogen-bond donors (Lipinski definition) is 2. The number of halogens is 1. The van der Waals surface area contributed by atoms with E-state index < -0.39 is 0 Å². The second kappa shape index (κ2) is 5.53. The van der Waals surface area contributed by atoms with Crippen LogP contribution in [-0.2, 0) is 6.54 Å². The Bertz CT molecular complexity index is 564. The van der Waals surface area contributed by atoms with Crippen molar-refractivity contribution in [3.05, 3.63) is 35.0 Å². The summed E-state index contributed by atoms with van der Waals surface area (Å²) in [5, 5.41) is 2.06. The Morgan fingerprint density at radius 1 is 1.42 bits per heavy atom. The molecule has 3 N–H and O–H groups in total. The van der Waals surface area contributed by atoms with Crippen molar-refractivity contribution in [1.29, 1.82) is 0 Å². The first-order valence-corrected chi connectivity index (χ1v) is 7.32. The van der Waals surface area contributed by atoms with Crippen molar-refractivity contribution in [2.75, 3.05) is 19.6 Å². The Labute approximate surface area is 118 Å². The number of hydrogen-bond acceptors (Lipinski definition) is 2. The van der Waals surface area contributed by atoms with Crippen molar-refractivity contribution in [3.8, 4) is 0 Å². The maximum Gasteiger partial charge on any atom is 0.0472 e. The molecule has 2 heterocycles. The quantitative estimate of drug-likeness (QED) is 0.906. The molecule has 0 amide bonds. The minimum atomic E-state index is 0.661. The number of nitrogens with one attached hydrogen (secondary N) is 1. The van der Waals surface area contributed by atoms with Crippen LogP contribution in [0.4, 0.5) is 0 Å². The fourth-order valence-corrected chi connectivity index (χ4v) is 3.19. The van der Waals surface area contributed by atoms with Gasteiger partial charge < -0.3 is 10.7 Å². The SMILES string of the molecule is NCC1CCCN(Cc2c[nH]c3cc(Cl)ccc23)C1. The summed E-state index contributed by atoms with van der Waals surface area (Å²) in [6.07, 6.45) is 4.64. The highest BCUT2D eigenvalue weighted by Gasteiger charge is 2.19. The van der Waals surface area contributed by atoms with Gasteiger partial charge in [-0.2, -0.15) is 0 Å². The molecule has 0 spiro atoms. The second-order valence-corrected chi connectivity index (χ2v) is 5.92. The van der Waals surface area contributed by atoms with Crippen molar-refractivity contribution in [1.82, 2.24) is 9.88 Å². The van der Waals surface area contributed by atoms with E-state index in [0.717, 1.165) is 30.2 Å². The lowest BCUT2D eigenvalue weighted by molar-refractivity contribution is 0.171. The summed E-state index contributed by atoms with van der Waals surface area (Å²) in [4.78, 5) is 5.82. The average Bonchev–Trinajstić information content (AvgIpc) is 2.81. The van der Waals surface area contributed by atoms with Gasteiger partial charge >= 0.3 is 0 Å². The van der Waals surface area contributed by atoms with E-state index >= 15 is 0 Å². The van der Waals surface area contributed by atoms with E-state index in [1.165, 1.54) is 30.3 Å². The molecule has 1 aromatic carbocycles. The number of aromatic amines is 1. The van der Waals surface area contributed by atoms with Crippen molar-refractivity contribution < 1.29 is 0 Å². The van der Waals surface area contributed by atoms with Crippen LogP contribution in [0.3, 0.4) is 0 Å². The molecular weight excluding hydrogens is 258 g/mol. The zero-order chi connectivity index (χ0) is 13.2. The average molecular weight is 278 g/mol. The number of aromatic nitrogens is 1. The van der Waals surface area contributed by atoms with E-state index in [1.807, 2.05) is 12.1 Å². The molecule has 1 atom stereocenters. The number of H-pyrrole nitrogens is 1. The molecule has 1 aliphatic rings. The molecule has 4 heteroatoms. The number of piperidine rings is 1. The second-order valence-electron chi connectivity index (χ2n) is 5.48. The van der Waals surface area contributed by atoms with Gasteiger partial charge in [-0.3, -0.25) is 4.90 Å². The first kappa shape index (κ1) is 13.0. The highest BCUT2D eigenvalue weighted by Crippen LogP contribution is 2.25. The lowest BCUT2D eigenvalue weighted by Crippen LogP contribution is -2.37. The molecule has 0 radical (unpaired) electrons. The Kier molecular flexibility index (Phi) is 3.78. The molecule has 19 heavy (non-hydrogen) atoms. The van der Waals surface area contributed by atoms with Gasteiger partial charge in [-0.1, -0.05) is 17.7 Å². The summed E-state index contributed by atoms with van der Waals surface area (Å²) in [7, 11) is 0. The largest absolute Gasteiger partial charge is 0.361 e. The monoisotopic (exact) mass is 277 g/mol. The lowest BCUT2D eigenvalue weighted by atomic mass is 9.98. The number of nitrogens with two attached hydrogens (primary N) is 1. The molecule has 3 rings (SSSR count). The summed E-state index contributed by atoms with van der Waals surface area (Å²) in [5.41, 5.74) is 8.27. The van der Waals surface area contributed by atoms with Gasteiger partial charge in [0, 0.05) is 35.2 Å². The van der Waals surface area contributed by atoms with Crippen LogP contribution in [0.25, 0.3) is 10.9 Å². The molecule has 0 aliphatic carbocycles. The van der Waals surface area contributed by atoms with Crippen LogP contribution in [0.15, 0.2) is 24.4 Å². The van der Waals surface area contributed by atoms with Gasteiger partial charge in [-0.25, -0.2) is 0 Å². The van der Waals surface area contributed by atoms with Crippen molar-refractivity contribution in [2.45, 2.75) is 19.4 Å². The van der Waals surface area contributed by atoms with Gasteiger partial charge in [0.25, 0.3) is 0 Å². The van der Waals surface area contributed by atoms with Crippen LogP contribution in [-0.4, -0.2) is 29.5 Å². The first-order chi connectivity index (χ1) is 9.26. The topological polar surface area (TPSA) is 45.0 Å². The number of rotatable bonds is 3. The highest BCUT2D eigenvalue weighted by molar-refractivity contribution is 6.31. The summed E-state index contributed by atoms with van der Waals surface area (Å²) >= 11 is 6.01. The van der Waals surface area contributed by atoms with Crippen LogP contribution >= 0.6 is 11.6 Å². The fraction of sp³-hybridized carbons (Fsp3) is 0.467. The van der Waals surface area contributed by atoms with Gasteiger partial charge in [-0.05, 0) is 49.5 Å². The highest BCUT2D eigenvalue weighted by atomic mass is 35.5.